The normalized spacial score (nSPS) is 14.2. The molecule has 8 rings (SSSR count). The second kappa shape index (κ2) is 12.3. The van der Waals surface area contributed by atoms with Gasteiger partial charge in [0.1, 0.15) is 0 Å². The lowest BCUT2D eigenvalue weighted by molar-refractivity contribution is 1.10. The fraction of sp³-hybridized carbons (Fsp3) is 0.0233. The van der Waals surface area contributed by atoms with E-state index in [2.05, 4.69) is 144 Å². The van der Waals surface area contributed by atoms with Gasteiger partial charge in [-0.05, 0) is 48.0 Å². The van der Waals surface area contributed by atoms with Crippen molar-refractivity contribution in [2.24, 2.45) is 0 Å². The van der Waals surface area contributed by atoms with Gasteiger partial charge in [0.25, 0.3) is 0 Å². The number of para-hydroxylation sites is 1. The van der Waals surface area contributed by atoms with Crippen molar-refractivity contribution < 1.29 is 0 Å². The first-order valence-electron chi connectivity index (χ1n) is 15.8. The van der Waals surface area contributed by atoms with Crippen molar-refractivity contribution in [3.63, 3.8) is 0 Å². The summed E-state index contributed by atoms with van der Waals surface area (Å²) in [6.07, 6.45) is 10.6. The average Bonchev–Trinajstić information content (AvgIpc) is 3.60. The van der Waals surface area contributed by atoms with Crippen LogP contribution in [0.1, 0.15) is 5.56 Å². The summed E-state index contributed by atoms with van der Waals surface area (Å²) in [5, 5.41) is 1.16. The van der Waals surface area contributed by atoms with Crippen LogP contribution in [0.4, 0.5) is 11.4 Å². The van der Waals surface area contributed by atoms with E-state index in [0.29, 0.717) is 12.4 Å². The van der Waals surface area contributed by atoms with Gasteiger partial charge in [0, 0.05) is 51.8 Å². The largest absolute Gasteiger partial charge is 0.337 e. The molecule has 7 aromatic rings. The molecule has 0 amide bonds. The van der Waals surface area contributed by atoms with Gasteiger partial charge in [-0.25, -0.2) is 9.97 Å². The van der Waals surface area contributed by atoms with E-state index in [1.807, 2.05) is 42.5 Å². The molecule has 0 N–H and O–H groups in total. The Labute approximate surface area is 274 Å². The predicted octanol–water partition coefficient (Wildman–Crippen LogP) is 10.7. The van der Waals surface area contributed by atoms with E-state index in [1.54, 1.807) is 0 Å². The van der Waals surface area contributed by atoms with Crippen molar-refractivity contribution in [3.8, 4) is 39.6 Å². The number of benzene rings is 5. The topological polar surface area (TPSA) is 34.0 Å². The standard InChI is InChI=1S/C43H32N4/c1-31-15-6-5-13-27-47(42-37(31)24-25-41-38(42)26-28-46(41)35-21-11-4-12-22-35)36-23-14-20-34(29-36)43-44-39(32-16-7-2-8-17-32)30-40(45-43)33-18-9-3-10-19-33/h2-26,28-30H,1,27H2/b13-5-,15-6-. The van der Waals surface area contributed by atoms with Crippen molar-refractivity contribution in [1.29, 1.82) is 0 Å². The summed E-state index contributed by atoms with van der Waals surface area (Å²) in [7, 11) is 0. The number of rotatable bonds is 5. The Morgan fingerprint density at radius 1 is 0.574 bits per heavy atom. The first-order valence-corrected chi connectivity index (χ1v) is 15.8. The molecule has 4 heteroatoms. The maximum Gasteiger partial charge on any atom is 0.160 e. The third-order valence-electron chi connectivity index (χ3n) is 8.61. The Hall–Kier alpha value is -6.26. The highest BCUT2D eigenvalue weighted by atomic mass is 15.1. The number of hydrogen-bond acceptors (Lipinski definition) is 3. The molecule has 0 fully saturated rings. The molecule has 0 unspecified atom stereocenters. The summed E-state index contributed by atoms with van der Waals surface area (Å²) < 4.78 is 2.25. The molecule has 0 aliphatic carbocycles. The van der Waals surface area contributed by atoms with Crippen LogP contribution in [0.3, 0.4) is 0 Å². The van der Waals surface area contributed by atoms with Crippen molar-refractivity contribution in [2.45, 2.75) is 0 Å². The Morgan fingerprint density at radius 3 is 1.91 bits per heavy atom. The Bertz CT molecular complexity index is 2220. The Morgan fingerprint density at radius 2 is 1.21 bits per heavy atom. The van der Waals surface area contributed by atoms with Crippen LogP contribution in [0.25, 0.3) is 56.1 Å². The van der Waals surface area contributed by atoms with Crippen LogP contribution in [0, 0.1) is 0 Å². The monoisotopic (exact) mass is 604 g/mol. The molecule has 0 spiro atoms. The van der Waals surface area contributed by atoms with E-state index < -0.39 is 0 Å². The SMILES string of the molecule is C=C1/C=C\C=C/CN(c2cccc(-c3nc(-c4ccccc4)cc(-c4ccccc4)n3)c2)c2c1ccc1c2ccn1-c1ccccc1. The fourth-order valence-electron chi connectivity index (χ4n) is 6.30. The molecule has 3 heterocycles. The van der Waals surface area contributed by atoms with Gasteiger partial charge in [-0.2, -0.15) is 0 Å². The van der Waals surface area contributed by atoms with Crippen LogP contribution in [-0.4, -0.2) is 21.1 Å². The van der Waals surface area contributed by atoms with E-state index in [1.165, 1.54) is 0 Å². The number of aromatic nitrogens is 3. The molecular weight excluding hydrogens is 573 g/mol. The van der Waals surface area contributed by atoms with Gasteiger partial charge in [0.2, 0.25) is 0 Å². The zero-order chi connectivity index (χ0) is 31.6. The number of allylic oxidation sites excluding steroid dienone is 4. The predicted molar refractivity (Wildman–Crippen MR) is 196 cm³/mol. The third kappa shape index (κ3) is 5.47. The van der Waals surface area contributed by atoms with Gasteiger partial charge >= 0.3 is 0 Å². The molecule has 47 heavy (non-hydrogen) atoms. The molecule has 0 saturated carbocycles. The average molecular weight is 605 g/mol. The van der Waals surface area contributed by atoms with E-state index in [-0.39, 0.29) is 0 Å². The molecule has 0 bridgehead atoms. The zero-order valence-electron chi connectivity index (χ0n) is 25.9. The van der Waals surface area contributed by atoms with Gasteiger partial charge in [0.15, 0.2) is 5.82 Å². The minimum absolute atomic E-state index is 0.684. The molecule has 4 nitrogen and oxygen atoms in total. The van der Waals surface area contributed by atoms with Crippen molar-refractivity contribution in [1.82, 2.24) is 14.5 Å². The second-order valence-electron chi connectivity index (χ2n) is 11.6. The first-order chi connectivity index (χ1) is 23.2. The summed E-state index contributed by atoms with van der Waals surface area (Å²) in [5.74, 6) is 0.687. The number of anilines is 2. The number of nitrogens with zero attached hydrogens (tertiary/aromatic N) is 4. The van der Waals surface area contributed by atoms with Crippen molar-refractivity contribution in [2.75, 3.05) is 11.4 Å². The summed E-state index contributed by atoms with van der Waals surface area (Å²) >= 11 is 0. The quantitative estimate of drug-likeness (QED) is 0.196. The lowest BCUT2D eigenvalue weighted by Gasteiger charge is -2.28. The van der Waals surface area contributed by atoms with Crippen LogP contribution in [0.5, 0.6) is 0 Å². The number of hydrogen-bond donors (Lipinski definition) is 0. The van der Waals surface area contributed by atoms with Crippen LogP contribution >= 0.6 is 0 Å². The van der Waals surface area contributed by atoms with Gasteiger partial charge in [-0.15, -0.1) is 0 Å². The highest BCUT2D eigenvalue weighted by Crippen LogP contribution is 2.41. The fourth-order valence-corrected chi connectivity index (χ4v) is 6.30. The van der Waals surface area contributed by atoms with E-state index in [9.17, 15) is 0 Å². The van der Waals surface area contributed by atoms with Gasteiger partial charge in [-0.1, -0.05) is 128 Å². The minimum atomic E-state index is 0.684. The van der Waals surface area contributed by atoms with Gasteiger partial charge in [0.05, 0.1) is 22.6 Å². The molecule has 2 aromatic heterocycles. The lowest BCUT2D eigenvalue weighted by atomic mass is 10.00. The molecule has 1 aliphatic heterocycles. The maximum absolute atomic E-state index is 5.11. The highest BCUT2D eigenvalue weighted by Gasteiger charge is 2.21. The molecule has 1 aliphatic rings. The maximum atomic E-state index is 5.11. The molecule has 0 radical (unpaired) electrons. The zero-order valence-corrected chi connectivity index (χ0v) is 25.9. The third-order valence-corrected chi connectivity index (χ3v) is 8.61. The number of fused-ring (bicyclic) bond motifs is 3. The van der Waals surface area contributed by atoms with Crippen molar-refractivity contribution >= 4 is 27.9 Å². The summed E-state index contributed by atoms with van der Waals surface area (Å²) in [4.78, 5) is 12.6. The smallest absolute Gasteiger partial charge is 0.160 e. The molecule has 5 aromatic carbocycles. The highest BCUT2D eigenvalue weighted by molar-refractivity contribution is 6.03. The summed E-state index contributed by atoms with van der Waals surface area (Å²) in [6, 6.07) is 48.4. The second-order valence-corrected chi connectivity index (χ2v) is 11.6. The van der Waals surface area contributed by atoms with E-state index >= 15 is 0 Å². The van der Waals surface area contributed by atoms with Crippen LogP contribution < -0.4 is 4.90 Å². The van der Waals surface area contributed by atoms with E-state index in [4.69, 9.17) is 9.97 Å². The van der Waals surface area contributed by atoms with Crippen LogP contribution in [0.15, 0.2) is 177 Å². The summed E-state index contributed by atoms with van der Waals surface area (Å²) in [6.45, 7) is 5.15. The van der Waals surface area contributed by atoms with Crippen LogP contribution in [-0.2, 0) is 0 Å². The first kappa shape index (κ1) is 28.2. The van der Waals surface area contributed by atoms with Crippen LogP contribution in [0.2, 0.25) is 0 Å². The molecule has 0 saturated heterocycles. The Balaban J connectivity index is 1.30. The Kier molecular flexibility index (Phi) is 7.37. The van der Waals surface area contributed by atoms with Gasteiger partial charge < -0.3 is 9.47 Å². The van der Waals surface area contributed by atoms with Gasteiger partial charge in [-0.3, -0.25) is 0 Å². The van der Waals surface area contributed by atoms with Crippen molar-refractivity contribution in [3.05, 3.63) is 182 Å². The molecule has 0 atom stereocenters. The molecular formula is C43H32N4. The molecule has 224 valence electrons. The lowest BCUT2D eigenvalue weighted by Crippen LogP contribution is -2.18. The van der Waals surface area contributed by atoms with E-state index in [0.717, 1.165) is 67.2 Å². The summed E-state index contributed by atoms with van der Waals surface area (Å²) in [5.41, 5.74) is 11.4. The minimum Gasteiger partial charge on any atom is -0.337 e.